The maximum Gasteiger partial charge on any atom is 0.335 e. The molecule has 2 aromatic carbocycles. The second-order valence-electron chi connectivity index (χ2n) is 6.63. The molecule has 0 atom stereocenters. The summed E-state index contributed by atoms with van der Waals surface area (Å²) in [7, 11) is 0. The number of aromatic carboxylic acids is 1. The molecule has 2 N–H and O–H groups in total. The van der Waals surface area contributed by atoms with E-state index in [4.69, 9.17) is 9.84 Å². The lowest BCUT2D eigenvalue weighted by molar-refractivity contribution is -0.118. The normalized spacial score (nSPS) is 14.6. The molecule has 1 fully saturated rings. The Balaban J connectivity index is 1.51. The number of hydrogen-bond acceptors (Lipinski definition) is 3. The first kappa shape index (κ1) is 18.0. The molecule has 0 radical (unpaired) electrons. The van der Waals surface area contributed by atoms with E-state index in [1.54, 1.807) is 12.1 Å². The predicted molar refractivity (Wildman–Crippen MR) is 99.8 cm³/mol. The summed E-state index contributed by atoms with van der Waals surface area (Å²) in [6.07, 6.45) is 6.43. The van der Waals surface area contributed by atoms with E-state index in [2.05, 4.69) is 17.4 Å². The highest BCUT2D eigenvalue weighted by Gasteiger charge is 2.15. The minimum absolute atomic E-state index is 0.125. The van der Waals surface area contributed by atoms with Gasteiger partial charge in [-0.1, -0.05) is 37.5 Å². The highest BCUT2D eigenvalue weighted by atomic mass is 16.5. The van der Waals surface area contributed by atoms with Crippen molar-refractivity contribution in [1.82, 2.24) is 0 Å². The van der Waals surface area contributed by atoms with Gasteiger partial charge in [0.1, 0.15) is 5.75 Å². The van der Waals surface area contributed by atoms with Gasteiger partial charge in [0.05, 0.1) is 5.56 Å². The van der Waals surface area contributed by atoms with Crippen LogP contribution in [0.15, 0.2) is 48.5 Å². The number of hydrogen-bond donors (Lipinski definition) is 2. The van der Waals surface area contributed by atoms with Crippen molar-refractivity contribution < 1.29 is 19.4 Å². The van der Waals surface area contributed by atoms with E-state index in [1.165, 1.54) is 49.8 Å². The molecule has 0 aliphatic heterocycles. The fraction of sp³-hybridized carbons (Fsp3) is 0.333. The molecule has 0 unspecified atom stereocenters. The van der Waals surface area contributed by atoms with E-state index < -0.39 is 5.97 Å². The van der Waals surface area contributed by atoms with Crippen LogP contribution < -0.4 is 10.1 Å². The number of benzene rings is 2. The molecule has 0 heterocycles. The number of anilines is 1. The van der Waals surface area contributed by atoms with Crippen molar-refractivity contribution in [2.45, 2.75) is 38.0 Å². The molecule has 0 spiro atoms. The van der Waals surface area contributed by atoms with Gasteiger partial charge in [0.25, 0.3) is 5.91 Å². The van der Waals surface area contributed by atoms with Crippen LogP contribution in [0.1, 0.15) is 53.9 Å². The fourth-order valence-corrected chi connectivity index (χ4v) is 3.35. The Labute approximate surface area is 153 Å². The molecule has 2 aromatic rings. The van der Waals surface area contributed by atoms with Crippen LogP contribution in [-0.2, 0) is 4.79 Å². The molecule has 1 aliphatic carbocycles. The summed E-state index contributed by atoms with van der Waals surface area (Å²) in [5.41, 5.74) is 1.90. The number of carboxylic acid groups (broad SMARTS) is 1. The molecule has 136 valence electrons. The third-order valence-corrected chi connectivity index (χ3v) is 4.72. The van der Waals surface area contributed by atoms with Crippen molar-refractivity contribution in [3.8, 4) is 5.75 Å². The molecular weight excluding hydrogens is 330 g/mol. The van der Waals surface area contributed by atoms with Crippen LogP contribution in [0, 0.1) is 0 Å². The Morgan fingerprint density at radius 1 is 1.04 bits per heavy atom. The average molecular weight is 353 g/mol. The number of carboxylic acids is 1. The largest absolute Gasteiger partial charge is 0.484 e. The van der Waals surface area contributed by atoms with Crippen LogP contribution in [0.4, 0.5) is 5.69 Å². The first-order valence-corrected chi connectivity index (χ1v) is 8.98. The van der Waals surface area contributed by atoms with Crippen LogP contribution in [0.5, 0.6) is 5.75 Å². The first-order chi connectivity index (χ1) is 12.6. The monoisotopic (exact) mass is 353 g/mol. The van der Waals surface area contributed by atoms with E-state index in [0.29, 0.717) is 17.4 Å². The van der Waals surface area contributed by atoms with Crippen LogP contribution in [0.3, 0.4) is 0 Å². The summed E-state index contributed by atoms with van der Waals surface area (Å²) in [5, 5.41) is 11.6. The standard InChI is InChI=1S/C21H23NO4/c23-20(22-18-8-4-7-17(13-18)21(24)25)14-26-19-11-9-16(10-12-19)15-5-2-1-3-6-15/h4,7-13,15H,1-3,5-6,14H2,(H,22,23)(H,24,25). The predicted octanol–water partition coefficient (Wildman–Crippen LogP) is 4.45. The molecule has 1 saturated carbocycles. The Bertz CT molecular complexity index is 764. The lowest BCUT2D eigenvalue weighted by atomic mass is 9.84. The van der Waals surface area contributed by atoms with Gasteiger partial charge in [-0.05, 0) is 54.7 Å². The maximum absolute atomic E-state index is 12.0. The van der Waals surface area contributed by atoms with Gasteiger partial charge in [0.2, 0.25) is 0 Å². The molecule has 26 heavy (non-hydrogen) atoms. The molecule has 0 bridgehead atoms. The minimum atomic E-state index is -1.03. The highest BCUT2D eigenvalue weighted by molar-refractivity contribution is 5.94. The first-order valence-electron chi connectivity index (χ1n) is 8.98. The van der Waals surface area contributed by atoms with E-state index in [-0.39, 0.29) is 18.1 Å². The Hall–Kier alpha value is -2.82. The SMILES string of the molecule is O=C(COc1ccc(C2CCCCC2)cc1)Nc1cccc(C(=O)O)c1. The molecule has 1 amide bonds. The molecular formula is C21H23NO4. The molecule has 1 aliphatic rings. The Kier molecular flexibility index (Phi) is 5.89. The zero-order valence-electron chi connectivity index (χ0n) is 14.6. The van der Waals surface area contributed by atoms with Gasteiger partial charge < -0.3 is 15.2 Å². The molecule has 0 saturated heterocycles. The van der Waals surface area contributed by atoms with Crippen LogP contribution in [0.2, 0.25) is 0 Å². The Morgan fingerprint density at radius 3 is 2.46 bits per heavy atom. The smallest absolute Gasteiger partial charge is 0.335 e. The summed E-state index contributed by atoms with van der Waals surface area (Å²) in [6, 6.07) is 14.1. The van der Waals surface area contributed by atoms with Crippen molar-refractivity contribution in [2.75, 3.05) is 11.9 Å². The quantitative estimate of drug-likeness (QED) is 0.804. The zero-order valence-corrected chi connectivity index (χ0v) is 14.6. The summed E-state index contributed by atoms with van der Waals surface area (Å²) < 4.78 is 5.53. The van der Waals surface area contributed by atoms with Gasteiger partial charge in [-0.3, -0.25) is 4.79 Å². The Morgan fingerprint density at radius 2 is 1.77 bits per heavy atom. The topological polar surface area (TPSA) is 75.6 Å². The van der Waals surface area contributed by atoms with Crippen LogP contribution in [0.25, 0.3) is 0 Å². The van der Waals surface area contributed by atoms with E-state index in [0.717, 1.165) is 0 Å². The van der Waals surface area contributed by atoms with Gasteiger partial charge in [-0.15, -0.1) is 0 Å². The average Bonchev–Trinajstić information content (AvgIpc) is 2.68. The highest BCUT2D eigenvalue weighted by Crippen LogP contribution is 2.33. The zero-order chi connectivity index (χ0) is 18.4. The maximum atomic E-state index is 12.0. The van der Waals surface area contributed by atoms with Gasteiger partial charge in [-0.2, -0.15) is 0 Å². The van der Waals surface area contributed by atoms with E-state index >= 15 is 0 Å². The third-order valence-electron chi connectivity index (χ3n) is 4.72. The van der Waals surface area contributed by atoms with E-state index in [1.807, 2.05) is 12.1 Å². The number of amides is 1. The fourth-order valence-electron chi connectivity index (χ4n) is 3.35. The van der Waals surface area contributed by atoms with Gasteiger partial charge in [-0.25, -0.2) is 4.79 Å². The number of ether oxygens (including phenoxy) is 1. The van der Waals surface area contributed by atoms with Gasteiger partial charge in [0.15, 0.2) is 6.61 Å². The lowest BCUT2D eigenvalue weighted by Crippen LogP contribution is -2.20. The van der Waals surface area contributed by atoms with Crippen molar-refractivity contribution in [3.63, 3.8) is 0 Å². The number of rotatable bonds is 6. The number of carbonyl (C=O) groups is 2. The van der Waals surface area contributed by atoms with Crippen molar-refractivity contribution in [1.29, 1.82) is 0 Å². The molecule has 5 nitrogen and oxygen atoms in total. The minimum Gasteiger partial charge on any atom is -0.484 e. The second kappa shape index (κ2) is 8.52. The number of nitrogens with one attached hydrogen (secondary N) is 1. The third kappa shape index (κ3) is 4.85. The summed E-state index contributed by atoms with van der Waals surface area (Å²) in [6.45, 7) is -0.125. The van der Waals surface area contributed by atoms with Gasteiger partial charge >= 0.3 is 5.97 Å². The van der Waals surface area contributed by atoms with Crippen molar-refractivity contribution in [3.05, 3.63) is 59.7 Å². The van der Waals surface area contributed by atoms with Crippen LogP contribution >= 0.6 is 0 Å². The summed E-state index contributed by atoms with van der Waals surface area (Å²) >= 11 is 0. The summed E-state index contributed by atoms with van der Waals surface area (Å²) in [5.74, 6) is -0.0686. The number of carbonyl (C=O) groups excluding carboxylic acids is 1. The van der Waals surface area contributed by atoms with Gasteiger partial charge in [0, 0.05) is 5.69 Å². The van der Waals surface area contributed by atoms with Crippen molar-refractivity contribution >= 4 is 17.6 Å². The molecule has 0 aromatic heterocycles. The van der Waals surface area contributed by atoms with Crippen molar-refractivity contribution in [2.24, 2.45) is 0 Å². The van der Waals surface area contributed by atoms with Crippen LogP contribution in [-0.4, -0.2) is 23.6 Å². The molecule has 3 rings (SSSR count). The lowest BCUT2D eigenvalue weighted by Gasteiger charge is -2.22. The second-order valence-corrected chi connectivity index (χ2v) is 6.63. The molecule has 5 heteroatoms. The summed E-state index contributed by atoms with van der Waals surface area (Å²) in [4.78, 5) is 23.0. The van der Waals surface area contributed by atoms with E-state index in [9.17, 15) is 9.59 Å².